The predicted molar refractivity (Wildman–Crippen MR) is 124 cm³/mol. The molecule has 3 atom stereocenters. The van der Waals surface area contributed by atoms with Crippen molar-refractivity contribution >= 4 is 22.1 Å². The molecule has 7 fully saturated rings. The Bertz CT molecular complexity index is 1230. The summed E-state index contributed by atoms with van der Waals surface area (Å²) in [4.78, 5) is 25.9. The molecule has 0 heterocycles. The van der Waals surface area contributed by atoms with Crippen molar-refractivity contribution in [2.45, 2.75) is 74.7 Å². The predicted octanol–water partition coefficient (Wildman–Crippen LogP) is 4.92. The summed E-state index contributed by atoms with van der Waals surface area (Å²) in [7, 11) is -4.64. The number of rotatable bonds is 5. The Hall–Kier alpha value is -2.19. The van der Waals surface area contributed by atoms with Gasteiger partial charge in [-0.1, -0.05) is 0 Å². The lowest BCUT2D eigenvalue weighted by molar-refractivity contribution is -0.131. The number of hydrogen-bond acceptors (Lipinski definition) is 6. The minimum atomic E-state index is -4.64. The summed E-state index contributed by atoms with van der Waals surface area (Å²) in [6.45, 7) is 0. The van der Waals surface area contributed by atoms with Gasteiger partial charge in [0.25, 0.3) is 10.1 Å². The number of benzene rings is 1. The molecule has 7 saturated carbocycles. The number of ether oxygens (including phenoxy) is 2. The van der Waals surface area contributed by atoms with E-state index in [1.165, 1.54) is 30.9 Å². The Balaban J connectivity index is 1.17. The van der Waals surface area contributed by atoms with Gasteiger partial charge in [0, 0.05) is 6.42 Å². The van der Waals surface area contributed by atoms with Crippen molar-refractivity contribution in [3.63, 3.8) is 0 Å². The largest absolute Gasteiger partial charge is 0.455 e. The van der Waals surface area contributed by atoms with Gasteiger partial charge >= 0.3 is 11.9 Å². The third kappa shape index (κ3) is 3.67. The Morgan fingerprint density at radius 1 is 0.800 bits per heavy atom. The second kappa shape index (κ2) is 7.42. The van der Waals surface area contributed by atoms with Gasteiger partial charge < -0.3 is 9.47 Å². The average molecular weight is 499 g/mol. The zero-order valence-corrected chi connectivity index (χ0v) is 20.4. The van der Waals surface area contributed by atoms with Crippen LogP contribution < -0.4 is 0 Å². The molecule has 8 bridgehead atoms. The van der Waals surface area contributed by atoms with Crippen molar-refractivity contribution in [2.24, 2.45) is 35.5 Å². The van der Waals surface area contributed by atoms with E-state index < -0.39 is 32.6 Å². The molecular weight excluding hydrogens is 468 g/mol. The molecule has 0 spiro atoms. The van der Waals surface area contributed by atoms with E-state index in [-0.39, 0.29) is 11.1 Å². The van der Waals surface area contributed by atoms with Crippen molar-refractivity contribution in [1.29, 1.82) is 0 Å². The van der Waals surface area contributed by atoms with E-state index in [2.05, 4.69) is 0 Å². The number of esters is 2. The van der Waals surface area contributed by atoms with Gasteiger partial charge in [-0.05, 0) is 117 Å². The first-order valence-corrected chi connectivity index (χ1v) is 14.4. The van der Waals surface area contributed by atoms with Crippen LogP contribution in [-0.4, -0.2) is 30.5 Å². The van der Waals surface area contributed by atoms with Gasteiger partial charge in [-0.15, -0.1) is 0 Å². The van der Waals surface area contributed by atoms with Crippen LogP contribution >= 0.6 is 0 Å². The molecule has 35 heavy (non-hydrogen) atoms. The first-order chi connectivity index (χ1) is 16.6. The second-order valence-electron chi connectivity index (χ2n) is 12.2. The smallest absolute Gasteiger partial charge is 0.343 e. The normalized spacial score (nSPS) is 38.3. The fourth-order valence-corrected chi connectivity index (χ4v) is 9.34. The summed E-state index contributed by atoms with van der Waals surface area (Å²) in [5.74, 6) is 2.65. The van der Waals surface area contributed by atoms with E-state index in [1.54, 1.807) is 0 Å². The summed E-state index contributed by atoms with van der Waals surface area (Å²) >= 11 is 0. The maximum Gasteiger partial charge on any atom is 0.343 e. The van der Waals surface area contributed by atoms with Crippen LogP contribution in [0, 0.1) is 35.5 Å². The SMILES string of the molecule is O=C(OC1=C2C3CC(C1)C[C@H]2C3)c1cc(C(=O)OC23CC4CC(CC(C4)C2)C3)cc(S(=O)(=O)O)c1. The summed E-state index contributed by atoms with van der Waals surface area (Å²) < 4.78 is 45.5. The molecule has 1 aromatic carbocycles. The summed E-state index contributed by atoms with van der Waals surface area (Å²) in [6, 6.07) is 3.51. The number of carbonyl (C=O) groups is 2. The summed E-state index contributed by atoms with van der Waals surface area (Å²) in [6.07, 6.45) is 10.3. The second-order valence-corrected chi connectivity index (χ2v) is 13.6. The minimum Gasteiger partial charge on any atom is -0.455 e. The van der Waals surface area contributed by atoms with Crippen molar-refractivity contribution < 1.29 is 32.0 Å². The van der Waals surface area contributed by atoms with Crippen LogP contribution in [0.4, 0.5) is 0 Å². The molecule has 1 N–H and O–H groups in total. The maximum atomic E-state index is 13.3. The maximum absolute atomic E-state index is 13.3. The van der Waals surface area contributed by atoms with E-state index >= 15 is 0 Å². The van der Waals surface area contributed by atoms with Crippen LogP contribution in [0.25, 0.3) is 0 Å². The molecule has 0 aliphatic heterocycles. The fourth-order valence-electron chi connectivity index (χ4n) is 8.79. The van der Waals surface area contributed by atoms with Crippen molar-refractivity contribution in [3.05, 3.63) is 40.7 Å². The highest BCUT2D eigenvalue weighted by atomic mass is 32.2. The van der Waals surface area contributed by atoms with Gasteiger partial charge in [0.2, 0.25) is 0 Å². The summed E-state index contributed by atoms with van der Waals surface area (Å²) in [5.41, 5.74) is 0.623. The Morgan fingerprint density at radius 3 is 1.91 bits per heavy atom. The monoisotopic (exact) mass is 498 g/mol. The van der Waals surface area contributed by atoms with Crippen molar-refractivity contribution in [3.8, 4) is 0 Å². The van der Waals surface area contributed by atoms with Crippen molar-refractivity contribution in [1.82, 2.24) is 0 Å². The lowest BCUT2D eigenvalue weighted by Gasteiger charge is -2.55. The van der Waals surface area contributed by atoms with Crippen LogP contribution in [0.5, 0.6) is 0 Å². The number of allylic oxidation sites excluding steroid dienone is 2. The third-order valence-electron chi connectivity index (χ3n) is 9.66. The summed E-state index contributed by atoms with van der Waals surface area (Å²) in [5, 5.41) is 0. The molecule has 9 aliphatic rings. The Labute approximate surface area is 205 Å². The fraction of sp³-hybridized carbons (Fsp3) is 0.630. The standard InChI is InChI=1S/C27H30O7S/c28-25(33-23-6-14-4-18-7-19(5-14)24(18)23)20-8-21(10-22(9-20)35(30,31)32)26(29)34-27-11-15-1-16(12-27)3-17(2-15)13-27/h8-10,14-19H,1-7,11-13H2,(H,30,31,32)/t14?,15?,16?,17?,18-,19?,27?/m0/s1. The van der Waals surface area contributed by atoms with Crippen molar-refractivity contribution in [2.75, 3.05) is 0 Å². The highest BCUT2D eigenvalue weighted by molar-refractivity contribution is 7.85. The molecule has 9 aliphatic carbocycles. The van der Waals surface area contributed by atoms with Gasteiger partial charge in [-0.2, -0.15) is 8.42 Å². The van der Waals surface area contributed by atoms with E-state index in [9.17, 15) is 22.6 Å². The van der Waals surface area contributed by atoms with Gasteiger partial charge in [0.05, 0.1) is 16.0 Å². The topological polar surface area (TPSA) is 107 Å². The molecule has 186 valence electrons. The first-order valence-electron chi connectivity index (χ1n) is 13.0. The van der Waals surface area contributed by atoms with E-state index in [1.807, 2.05) is 0 Å². The molecule has 2 unspecified atom stereocenters. The lowest BCUT2D eigenvalue weighted by atomic mass is 9.53. The zero-order chi connectivity index (χ0) is 24.1. The van der Waals surface area contributed by atoms with Gasteiger partial charge in [0.1, 0.15) is 11.4 Å². The van der Waals surface area contributed by atoms with Gasteiger partial charge in [0.15, 0.2) is 0 Å². The zero-order valence-electron chi connectivity index (χ0n) is 19.6. The van der Waals surface area contributed by atoms with E-state index in [4.69, 9.17) is 9.47 Å². The highest BCUT2D eigenvalue weighted by Gasteiger charge is 2.53. The molecule has 7 nitrogen and oxygen atoms in total. The average Bonchev–Trinajstić information content (AvgIpc) is 2.76. The molecule has 8 heteroatoms. The van der Waals surface area contributed by atoms with Crippen LogP contribution in [0.1, 0.15) is 84.9 Å². The highest BCUT2D eigenvalue weighted by Crippen LogP contribution is 2.60. The Kier molecular flexibility index (Phi) is 4.67. The Morgan fingerprint density at radius 2 is 1.37 bits per heavy atom. The minimum absolute atomic E-state index is 0.0477. The van der Waals surface area contributed by atoms with Gasteiger partial charge in [-0.25, -0.2) is 9.59 Å². The van der Waals surface area contributed by atoms with Crippen LogP contribution in [-0.2, 0) is 19.6 Å². The van der Waals surface area contributed by atoms with E-state index in [0.29, 0.717) is 41.3 Å². The molecule has 0 aromatic heterocycles. The number of carbonyl (C=O) groups excluding carboxylic acids is 2. The number of hydrogen-bond donors (Lipinski definition) is 1. The van der Waals surface area contributed by atoms with Crippen LogP contribution in [0.3, 0.4) is 0 Å². The molecular formula is C27H30O7S. The van der Waals surface area contributed by atoms with E-state index in [0.717, 1.165) is 57.1 Å². The molecule has 0 saturated heterocycles. The van der Waals surface area contributed by atoms with Crippen LogP contribution in [0.15, 0.2) is 34.4 Å². The van der Waals surface area contributed by atoms with Crippen LogP contribution in [0.2, 0.25) is 0 Å². The molecule has 1 aromatic rings. The van der Waals surface area contributed by atoms with Gasteiger partial charge in [-0.3, -0.25) is 4.55 Å². The third-order valence-corrected chi connectivity index (χ3v) is 10.5. The molecule has 10 rings (SSSR count). The molecule has 0 amide bonds. The number of fused-ring (bicyclic) bond motifs is 1. The quantitative estimate of drug-likeness (QED) is 0.454. The first kappa shape index (κ1) is 22.0. The lowest BCUT2D eigenvalue weighted by Crippen LogP contribution is -2.52. The molecule has 0 radical (unpaired) electrons.